The average molecular weight is 334 g/mol. The van der Waals surface area contributed by atoms with E-state index in [2.05, 4.69) is 31.1 Å². The van der Waals surface area contributed by atoms with Gasteiger partial charge in [-0.25, -0.2) is 4.98 Å². The third kappa shape index (κ3) is 2.67. The number of hydrogen-bond acceptors (Lipinski definition) is 3. The molecule has 0 spiro atoms. The Bertz CT molecular complexity index is 709. The maximum atomic E-state index is 5.37. The summed E-state index contributed by atoms with van der Waals surface area (Å²) in [4.78, 5) is 4.25. The molecule has 0 radical (unpaired) electrons. The number of ether oxygens (including phenoxy) is 1. The van der Waals surface area contributed by atoms with Gasteiger partial charge in [0.15, 0.2) is 5.65 Å². The number of hydrogen-bond donors (Lipinski definition) is 1. The minimum Gasteiger partial charge on any atom is -0.496 e. The second kappa shape index (κ2) is 6.52. The lowest BCUT2D eigenvalue weighted by molar-refractivity contribution is 0.416. The first-order valence-electron chi connectivity index (χ1n) is 6.42. The van der Waals surface area contributed by atoms with Crippen LogP contribution in [0.3, 0.4) is 0 Å². The Kier molecular flexibility index (Phi) is 4.74. The van der Waals surface area contributed by atoms with E-state index in [0.29, 0.717) is 5.65 Å². The average Bonchev–Trinajstić information content (AvgIpc) is 2.92. The molecule has 0 atom stereocenters. The van der Waals surface area contributed by atoms with Crippen molar-refractivity contribution in [1.29, 1.82) is 0 Å². The van der Waals surface area contributed by atoms with E-state index >= 15 is 0 Å². The molecular weight excluding hydrogens is 318 g/mol. The molecule has 3 rings (SSSR count). The molecule has 20 heavy (non-hydrogen) atoms. The number of pyridine rings is 1. The van der Waals surface area contributed by atoms with Gasteiger partial charge in [-0.3, -0.25) is 5.10 Å². The number of fused-ring (bicyclic) bond motifs is 1. The Morgan fingerprint density at radius 1 is 1.20 bits per heavy atom. The molecule has 2 heterocycles. The smallest absolute Gasteiger partial charge is 0.181 e. The van der Waals surface area contributed by atoms with Crippen LogP contribution >= 0.6 is 15.9 Å². The minimum absolute atomic E-state index is 0.694. The topological polar surface area (TPSA) is 50.8 Å². The highest BCUT2D eigenvalue weighted by atomic mass is 79.9. The van der Waals surface area contributed by atoms with E-state index in [9.17, 15) is 0 Å². The summed E-state index contributed by atoms with van der Waals surface area (Å²) in [6, 6.07) is 9.82. The zero-order valence-corrected chi connectivity index (χ0v) is 13.2. The monoisotopic (exact) mass is 333 g/mol. The van der Waals surface area contributed by atoms with E-state index in [1.54, 1.807) is 13.3 Å². The van der Waals surface area contributed by atoms with Gasteiger partial charge in [-0.2, -0.15) is 5.10 Å². The standard InChI is InChI=1S/C13H10BrN3O.C2H6/c1-18-11-5-3-2-4-9(11)12-10-6-8(14)7-15-13(10)17-16-12;1-2/h2-7H,1H3,(H,15,16,17);1-2H3. The summed E-state index contributed by atoms with van der Waals surface area (Å²) < 4.78 is 6.29. The Labute approximate surface area is 126 Å². The van der Waals surface area contributed by atoms with E-state index in [0.717, 1.165) is 26.9 Å². The van der Waals surface area contributed by atoms with Crippen molar-refractivity contribution < 1.29 is 4.74 Å². The molecule has 0 aliphatic carbocycles. The quantitative estimate of drug-likeness (QED) is 0.755. The number of benzene rings is 1. The van der Waals surface area contributed by atoms with Gasteiger partial charge in [0.2, 0.25) is 0 Å². The molecule has 5 heteroatoms. The summed E-state index contributed by atoms with van der Waals surface area (Å²) in [5.74, 6) is 0.808. The van der Waals surface area contributed by atoms with Crippen LogP contribution in [0.15, 0.2) is 41.0 Å². The molecule has 4 nitrogen and oxygen atoms in total. The molecule has 104 valence electrons. The van der Waals surface area contributed by atoms with Gasteiger partial charge >= 0.3 is 0 Å². The zero-order valence-electron chi connectivity index (χ0n) is 11.6. The number of methoxy groups -OCH3 is 1. The fourth-order valence-corrected chi connectivity index (χ4v) is 2.26. The number of nitrogens with zero attached hydrogens (tertiary/aromatic N) is 2. The van der Waals surface area contributed by atoms with Crippen LogP contribution in [0.5, 0.6) is 5.75 Å². The normalized spacial score (nSPS) is 10.0. The van der Waals surface area contributed by atoms with Crippen molar-refractivity contribution in [3.05, 3.63) is 41.0 Å². The maximum Gasteiger partial charge on any atom is 0.181 e. The van der Waals surface area contributed by atoms with Crippen LogP contribution in [-0.2, 0) is 0 Å². The number of H-pyrrole nitrogens is 1. The van der Waals surface area contributed by atoms with E-state index < -0.39 is 0 Å². The van der Waals surface area contributed by atoms with Gasteiger partial charge in [0.05, 0.1) is 12.8 Å². The predicted molar refractivity (Wildman–Crippen MR) is 84.9 cm³/mol. The van der Waals surface area contributed by atoms with Crippen molar-refractivity contribution in [3.8, 4) is 17.0 Å². The molecule has 0 aliphatic heterocycles. The Balaban J connectivity index is 0.000000704. The number of rotatable bonds is 2. The van der Waals surface area contributed by atoms with Gasteiger partial charge in [0.25, 0.3) is 0 Å². The molecule has 0 aliphatic rings. The van der Waals surface area contributed by atoms with E-state index in [1.807, 2.05) is 44.2 Å². The van der Waals surface area contributed by atoms with Crippen molar-refractivity contribution in [2.45, 2.75) is 13.8 Å². The SMILES string of the molecule is CC.COc1ccccc1-c1[nH]nc2ncc(Br)cc12. The first-order valence-corrected chi connectivity index (χ1v) is 7.22. The van der Waals surface area contributed by atoms with Crippen molar-refractivity contribution in [2.24, 2.45) is 0 Å². The number of aromatic amines is 1. The molecule has 0 saturated heterocycles. The van der Waals surface area contributed by atoms with E-state index in [-0.39, 0.29) is 0 Å². The van der Waals surface area contributed by atoms with Gasteiger partial charge in [-0.15, -0.1) is 0 Å². The number of para-hydroxylation sites is 1. The number of halogens is 1. The Hall–Kier alpha value is -1.88. The van der Waals surface area contributed by atoms with Crippen molar-refractivity contribution in [1.82, 2.24) is 15.2 Å². The number of nitrogens with one attached hydrogen (secondary N) is 1. The highest BCUT2D eigenvalue weighted by Crippen LogP contribution is 2.33. The molecule has 2 aromatic heterocycles. The third-order valence-electron chi connectivity index (χ3n) is 2.75. The lowest BCUT2D eigenvalue weighted by Gasteiger charge is -2.06. The molecule has 0 unspecified atom stereocenters. The van der Waals surface area contributed by atoms with Crippen LogP contribution in [0.2, 0.25) is 0 Å². The molecular formula is C15H16BrN3O. The Morgan fingerprint density at radius 3 is 2.70 bits per heavy atom. The van der Waals surface area contributed by atoms with Crippen LogP contribution in [-0.4, -0.2) is 22.3 Å². The van der Waals surface area contributed by atoms with Gasteiger partial charge in [-0.1, -0.05) is 26.0 Å². The molecule has 1 N–H and O–H groups in total. The molecule has 0 saturated carbocycles. The molecule has 3 aromatic rings. The largest absolute Gasteiger partial charge is 0.496 e. The highest BCUT2D eigenvalue weighted by Gasteiger charge is 2.12. The zero-order chi connectivity index (χ0) is 14.5. The second-order valence-corrected chi connectivity index (χ2v) is 4.74. The molecule has 0 amide bonds. The third-order valence-corrected chi connectivity index (χ3v) is 3.19. The predicted octanol–water partition coefficient (Wildman–Crippen LogP) is 4.42. The van der Waals surface area contributed by atoms with Crippen LogP contribution in [0.25, 0.3) is 22.3 Å². The summed E-state index contributed by atoms with van der Waals surface area (Å²) in [5.41, 5.74) is 2.58. The van der Waals surface area contributed by atoms with Gasteiger partial charge in [0, 0.05) is 21.6 Å². The summed E-state index contributed by atoms with van der Waals surface area (Å²) in [6.45, 7) is 4.00. The summed E-state index contributed by atoms with van der Waals surface area (Å²) in [6.07, 6.45) is 1.73. The van der Waals surface area contributed by atoms with Crippen molar-refractivity contribution in [3.63, 3.8) is 0 Å². The van der Waals surface area contributed by atoms with Gasteiger partial charge < -0.3 is 4.74 Å². The number of aromatic nitrogens is 3. The van der Waals surface area contributed by atoms with Crippen LogP contribution < -0.4 is 4.74 Å². The van der Waals surface area contributed by atoms with Gasteiger partial charge in [0.1, 0.15) is 5.75 Å². The van der Waals surface area contributed by atoms with Crippen molar-refractivity contribution in [2.75, 3.05) is 7.11 Å². The first kappa shape index (κ1) is 14.5. The summed E-state index contributed by atoms with van der Waals surface area (Å²) in [5, 5.41) is 8.18. The fourth-order valence-electron chi connectivity index (χ4n) is 1.93. The Morgan fingerprint density at radius 2 is 1.95 bits per heavy atom. The molecule has 1 aromatic carbocycles. The van der Waals surface area contributed by atoms with Crippen LogP contribution in [0, 0.1) is 0 Å². The molecule has 0 bridgehead atoms. The van der Waals surface area contributed by atoms with Gasteiger partial charge in [-0.05, 0) is 34.1 Å². The van der Waals surface area contributed by atoms with Crippen LogP contribution in [0.1, 0.15) is 13.8 Å². The minimum atomic E-state index is 0.694. The van der Waals surface area contributed by atoms with Crippen molar-refractivity contribution >= 4 is 27.0 Å². The lowest BCUT2D eigenvalue weighted by Crippen LogP contribution is -1.87. The summed E-state index contributed by atoms with van der Waals surface area (Å²) in [7, 11) is 1.66. The second-order valence-electron chi connectivity index (χ2n) is 3.82. The maximum absolute atomic E-state index is 5.37. The van der Waals surface area contributed by atoms with E-state index in [1.165, 1.54) is 0 Å². The first-order chi connectivity index (χ1) is 9.79. The van der Waals surface area contributed by atoms with E-state index in [4.69, 9.17) is 4.74 Å². The summed E-state index contributed by atoms with van der Waals surface area (Å²) >= 11 is 3.42. The fraction of sp³-hybridized carbons (Fsp3) is 0.200. The highest BCUT2D eigenvalue weighted by molar-refractivity contribution is 9.10. The lowest BCUT2D eigenvalue weighted by atomic mass is 10.1. The molecule has 0 fully saturated rings. The van der Waals surface area contributed by atoms with Crippen LogP contribution in [0.4, 0.5) is 0 Å².